The lowest BCUT2D eigenvalue weighted by atomic mass is 10.2. The Bertz CT molecular complexity index is 1090. The molecule has 0 unspecified atom stereocenters. The van der Waals surface area contributed by atoms with Crippen LogP contribution in [0.25, 0.3) is 11.0 Å². The van der Waals surface area contributed by atoms with E-state index in [4.69, 9.17) is 4.42 Å². The highest BCUT2D eigenvalue weighted by molar-refractivity contribution is 7.07. The number of nitrogens with zero attached hydrogens (tertiary/aromatic N) is 3. The molecule has 0 fully saturated rings. The molecule has 0 aliphatic carbocycles. The molecule has 27 heavy (non-hydrogen) atoms. The summed E-state index contributed by atoms with van der Waals surface area (Å²) < 4.78 is 45.9. The average molecular weight is 392 g/mol. The van der Waals surface area contributed by atoms with E-state index in [1.54, 1.807) is 22.1 Å². The van der Waals surface area contributed by atoms with Crippen LogP contribution in [0.4, 0.5) is 19.1 Å². The van der Waals surface area contributed by atoms with E-state index in [0.717, 1.165) is 12.1 Å². The fourth-order valence-electron chi connectivity index (χ4n) is 2.61. The molecule has 3 aromatic heterocycles. The predicted molar refractivity (Wildman–Crippen MR) is 92.6 cm³/mol. The van der Waals surface area contributed by atoms with Gasteiger partial charge in [0.05, 0.1) is 34.9 Å². The van der Waals surface area contributed by atoms with Gasteiger partial charge in [-0.1, -0.05) is 0 Å². The second-order valence-electron chi connectivity index (χ2n) is 5.63. The Kier molecular flexibility index (Phi) is 4.19. The lowest BCUT2D eigenvalue weighted by Gasteiger charge is -2.09. The monoisotopic (exact) mass is 392 g/mol. The van der Waals surface area contributed by atoms with E-state index >= 15 is 0 Å². The SMILES string of the molecule is O=C(Nc1nc2cc(C(F)(F)F)ccc2n1Cc1ccco1)c1cscn1. The van der Waals surface area contributed by atoms with E-state index in [-0.39, 0.29) is 23.7 Å². The maximum absolute atomic E-state index is 13.0. The molecular formula is C17H11F3N4O2S. The Hall–Kier alpha value is -3.14. The van der Waals surface area contributed by atoms with E-state index in [0.29, 0.717) is 11.3 Å². The van der Waals surface area contributed by atoms with Gasteiger partial charge in [0, 0.05) is 5.38 Å². The van der Waals surface area contributed by atoms with Crippen molar-refractivity contribution in [2.75, 3.05) is 5.32 Å². The molecule has 1 N–H and O–H groups in total. The molecule has 0 radical (unpaired) electrons. The van der Waals surface area contributed by atoms with E-state index in [9.17, 15) is 18.0 Å². The Morgan fingerprint density at radius 2 is 2.15 bits per heavy atom. The third-order valence-electron chi connectivity index (χ3n) is 3.86. The van der Waals surface area contributed by atoms with Crippen LogP contribution in [-0.2, 0) is 12.7 Å². The zero-order valence-corrected chi connectivity index (χ0v) is 14.3. The Balaban J connectivity index is 1.78. The van der Waals surface area contributed by atoms with Crippen LogP contribution in [0.2, 0.25) is 0 Å². The molecule has 138 valence electrons. The number of rotatable bonds is 4. The zero-order chi connectivity index (χ0) is 19.0. The largest absolute Gasteiger partial charge is 0.467 e. The minimum absolute atomic E-state index is 0.110. The van der Waals surface area contributed by atoms with Gasteiger partial charge in [-0.05, 0) is 30.3 Å². The lowest BCUT2D eigenvalue weighted by Crippen LogP contribution is -2.16. The molecule has 0 spiro atoms. The first-order valence-corrected chi connectivity index (χ1v) is 8.65. The summed E-state index contributed by atoms with van der Waals surface area (Å²) >= 11 is 1.26. The third kappa shape index (κ3) is 3.43. The summed E-state index contributed by atoms with van der Waals surface area (Å²) in [6.45, 7) is 0.196. The van der Waals surface area contributed by atoms with Crippen molar-refractivity contribution < 1.29 is 22.4 Å². The van der Waals surface area contributed by atoms with Crippen LogP contribution in [0.3, 0.4) is 0 Å². The molecular weight excluding hydrogens is 381 g/mol. The molecule has 10 heteroatoms. The third-order valence-corrected chi connectivity index (χ3v) is 4.45. The summed E-state index contributed by atoms with van der Waals surface area (Å²) in [4.78, 5) is 20.4. The molecule has 0 bridgehead atoms. The molecule has 1 amide bonds. The molecule has 1 aromatic carbocycles. The summed E-state index contributed by atoms with van der Waals surface area (Å²) in [6, 6.07) is 6.68. The van der Waals surface area contributed by atoms with Crippen LogP contribution >= 0.6 is 11.3 Å². The first kappa shape index (κ1) is 17.3. The van der Waals surface area contributed by atoms with Crippen molar-refractivity contribution in [3.8, 4) is 0 Å². The van der Waals surface area contributed by atoms with Crippen molar-refractivity contribution >= 4 is 34.2 Å². The van der Waals surface area contributed by atoms with Crippen molar-refractivity contribution in [3.05, 3.63) is 64.5 Å². The summed E-state index contributed by atoms with van der Waals surface area (Å²) in [5.41, 5.74) is 1.46. The quantitative estimate of drug-likeness (QED) is 0.559. The van der Waals surface area contributed by atoms with Gasteiger partial charge in [0.15, 0.2) is 0 Å². The number of alkyl halides is 3. The number of anilines is 1. The smallest absolute Gasteiger partial charge is 0.416 e. The molecule has 0 saturated carbocycles. The van der Waals surface area contributed by atoms with Crippen molar-refractivity contribution in [2.45, 2.75) is 12.7 Å². The number of nitrogens with one attached hydrogen (secondary N) is 1. The van der Waals surface area contributed by atoms with Crippen LogP contribution in [0.15, 0.2) is 51.9 Å². The van der Waals surface area contributed by atoms with Gasteiger partial charge in [0.1, 0.15) is 11.5 Å². The van der Waals surface area contributed by atoms with Crippen molar-refractivity contribution in [3.63, 3.8) is 0 Å². The molecule has 4 aromatic rings. The molecule has 4 rings (SSSR count). The highest BCUT2D eigenvalue weighted by Crippen LogP contribution is 2.32. The Morgan fingerprint density at radius 3 is 2.81 bits per heavy atom. The number of carbonyl (C=O) groups excluding carboxylic acids is 1. The lowest BCUT2D eigenvalue weighted by molar-refractivity contribution is -0.137. The first-order chi connectivity index (χ1) is 12.9. The van der Waals surface area contributed by atoms with Crippen LogP contribution < -0.4 is 5.32 Å². The minimum Gasteiger partial charge on any atom is -0.467 e. The molecule has 0 aliphatic heterocycles. The van der Waals surface area contributed by atoms with Gasteiger partial charge in [-0.15, -0.1) is 11.3 Å². The summed E-state index contributed by atoms with van der Waals surface area (Å²) in [6.07, 6.45) is -2.99. The Morgan fingerprint density at radius 1 is 1.30 bits per heavy atom. The Labute approximate surface area is 154 Å². The number of carbonyl (C=O) groups is 1. The maximum atomic E-state index is 13.0. The van der Waals surface area contributed by atoms with Gasteiger partial charge >= 0.3 is 6.18 Å². The van der Waals surface area contributed by atoms with Gasteiger partial charge < -0.3 is 8.98 Å². The summed E-state index contributed by atoms with van der Waals surface area (Å²) in [5.74, 6) is 0.181. The van der Waals surface area contributed by atoms with Gasteiger partial charge in [-0.25, -0.2) is 9.97 Å². The number of aromatic nitrogens is 3. The van der Waals surface area contributed by atoms with Gasteiger partial charge in [-0.3, -0.25) is 10.1 Å². The molecule has 0 saturated heterocycles. The molecule has 3 heterocycles. The second kappa shape index (κ2) is 6.54. The standard InChI is InChI=1S/C17H11F3N4O2S/c18-17(19,20)10-3-4-14-12(6-10)22-16(23-15(25)13-8-27-9-21-13)24(14)7-11-2-1-5-26-11/h1-6,8-9H,7H2,(H,22,23,25). The van der Waals surface area contributed by atoms with Crippen LogP contribution in [0.1, 0.15) is 21.8 Å². The van der Waals surface area contributed by atoms with E-state index in [1.165, 1.54) is 29.2 Å². The van der Waals surface area contributed by atoms with Crippen LogP contribution in [0.5, 0.6) is 0 Å². The van der Waals surface area contributed by atoms with Gasteiger partial charge in [0.2, 0.25) is 5.95 Å². The zero-order valence-electron chi connectivity index (χ0n) is 13.5. The van der Waals surface area contributed by atoms with Crippen molar-refractivity contribution in [1.29, 1.82) is 0 Å². The minimum atomic E-state index is -4.48. The molecule has 0 atom stereocenters. The average Bonchev–Trinajstić information content (AvgIpc) is 3.36. The number of hydrogen-bond donors (Lipinski definition) is 1. The van der Waals surface area contributed by atoms with Crippen molar-refractivity contribution in [2.24, 2.45) is 0 Å². The molecule has 0 aliphatic rings. The van der Waals surface area contributed by atoms with Crippen LogP contribution in [0, 0.1) is 0 Å². The normalized spacial score (nSPS) is 11.8. The number of imidazole rings is 1. The van der Waals surface area contributed by atoms with Crippen LogP contribution in [-0.4, -0.2) is 20.4 Å². The fourth-order valence-corrected chi connectivity index (χ4v) is 3.14. The number of amides is 1. The maximum Gasteiger partial charge on any atom is 0.416 e. The number of hydrogen-bond acceptors (Lipinski definition) is 5. The summed E-state index contributed by atoms with van der Waals surface area (Å²) in [5, 5.41) is 4.17. The second-order valence-corrected chi connectivity index (χ2v) is 6.35. The number of halogens is 3. The number of fused-ring (bicyclic) bond motifs is 1. The van der Waals surface area contributed by atoms with E-state index < -0.39 is 17.6 Å². The van der Waals surface area contributed by atoms with Gasteiger partial charge in [-0.2, -0.15) is 13.2 Å². The van der Waals surface area contributed by atoms with E-state index in [1.807, 2.05) is 0 Å². The van der Waals surface area contributed by atoms with Crippen molar-refractivity contribution in [1.82, 2.24) is 14.5 Å². The number of furan rings is 1. The van der Waals surface area contributed by atoms with E-state index in [2.05, 4.69) is 15.3 Å². The predicted octanol–water partition coefficient (Wildman–Crippen LogP) is 4.41. The highest BCUT2D eigenvalue weighted by Gasteiger charge is 2.31. The topological polar surface area (TPSA) is 73.0 Å². The highest BCUT2D eigenvalue weighted by atomic mass is 32.1. The number of benzene rings is 1. The summed E-state index contributed by atoms with van der Waals surface area (Å²) in [7, 11) is 0. The number of thiazole rings is 1. The fraction of sp³-hybridized carbons (Fsp3) is 0.118. The van der Waals surface area contributed by atoms with Gasteiger partial charge in [0.25, 0.3) is 5.91 Å². The molecule has 6 nitrogen and oxygen atoms in total. The first-order valence-electron chi connectivity index (χ1n) is 7.71.